The molecule has 0 aliphatic rings. The normalized spacial score (nSPS) is 11.3. The molecule has 0 aliphatic heterocycles. The number of carboxylic acid groups (broad SMARTS) is 1. The van der Waals surface area contributed by atoms with Crippen molar-refractivity contribution in [3.05, 3.63) is 21.9 Å². The highest BCUT2D eigenvalue weighted by Gasteiger charge is 2.16. The molecule has 18 heavy (non-hydrogen) atoms. The molecule has 6 heteroatoms. The SMILES string of the molecule is CC(C)(C)OC(=O)CSCc1ccc(C(=O)O)s1. The molecule has 0 amide bonds. The van der Waals surface area contributed by atoms with Gasteiger partial charge in [-0.15, -0.1) is 23.1 Å². The van der Waals surface area contributed by atoms with Crippen LogP contribution in [0.2, 0.25) is 0 Å². The van der Waals surface area contributed by atoms with E-state index in [1.165, 1.54) is 23.1 Å². The van der Waals surface area contributed by atoms with Crippen molar-refractivity contribution in [3.63, 3.8) is 0 Å². The van der Waals surface area contributed by atoms with E-state index < -0.39 is 11.6 Å². The first-order valence-electron chi connectivity index (χ1n) is 5.39. The number of carbonyl (C=O) groups excluding carboxylic acids is 1. The van der Waals surface area contributed by atoms with Crippen LogP contribution in [0.5, 0.6) is 0 Å². The standard InChI is InChI=1S/C12H16O4S2/c1-12(2,3)16-10(13)7-17-6-8-4-5-9(18-8)11(14)15/h4-5H,6-7H2,1-3H3,(H,14,15). The number of esters is 1. The van der Waals surface area contributed by atoms with Gasteiger partial charge in [0.25, 0.3) is 0 Å². The number of aromatic carboxylic acids is 1. The molecule has 1 heterocycles. The van der Waals surface area contributed by atoms with E-state index in [1.807, 2.05) is 20.8 Å². The Morgan fingerprint density at radius 3 is 2.56 bits per heavy atom. The molecule has 0 radical (unpaired) electrons. The van der Waals surface area contributed by atoms with E-state index in [0.29, 0.717) is 10.6 Å². The van der Waals surface area contributed by atoms with Crippen LogP contribution in [-0.2, 0) is 15.3 Å². The molecule has 100 valence electrons. The Bertz CT molecular complexity index is 432. The van der Waals surface area contributed by atoms with E-state index in [0.717, 1.165) is 4.88 Å². The van der Waals surface area contributed by atoms with Crippen molar-refractivity contribution in [1.29, 1.82) is 0 Å². The van der Waals surface area contributed by atoms with Gasteiger partial charge in [0.05, 0.1) is 5.75 Å². The Kier molecular flexibility index (Phi) is 5.22. The number of carbonyl (C=O) groups is 2. The number of thiophene rings is 1. The summed E-state index contributed by atoms with van der Waals surface area (Å²) in [6.45, 7) is 5.48. The van der Waals surface area contributed by atoms with Crippen molar-refractivity contribution in [1.82, 2.24) is 0 Å². The lowest BCUT2D eigenvalue weighted by Gasteiger charge is -2.19. The number of rotatable bonds is 5. The van der Waals surface area contributed by atoms with Crippen molar-refractivity contribution < 1.29 is 19.4 Å². The van der Waals surface area contributed by atoms with Gasteiger partial charge in [-0.2, -0.15) is 0 Å². The first-order chi connectivity index (χ1) is 8.28. The fraction of sp³-hybridized carbons (Fsp3) is 0.500. The van der Waals surface area contributed by atoms with Crippen molar-refractivity contribution in [2.45, 2.75) is 32.1 Å². The van der Waals surface area contributed by atoms with Gasteiger partial charge < -0.3 is 9.84 Å². The molecule has 0 saturated carbocycles. The lowest BCUT2D eigenvalue weighted by Crippen LogP contribution is -2.24. The molecule has 0 spiro atoms. The zero-order chi connectivity index (χ0) is 13.8. The molecule has 4 nitrogen and oxygen atoms in total. The van der Waals surface area contributed by atoms with Gasteiger partial charge in [0.1, 0.15) is 10.5 Å². The molecule has 1 aromatic heterocycles. The van der Waals surface area contributed by atoms with Gasteiger partial charge in [0.2, 0.25) is 0 Å². The largest absolute Gasteiger partial charge is 0.477 e. The number of carboxylic acids is 1. The first kappa shape index (κ1) is 15.0. The van der Waals surface area contributed by atoms with Crippen molar-refractivity contribution in [2.24, 2.45) is 0 Å². The molecule has 0 bridgehead atoms. The summed E-state index contributed by atoms with van der Waals surface area (Å²) in [6, 6.07) is 3.35. The van der Waals surface area contributed by atoms with E-state index in [9.17, 15) is 9.59 Å². The van der Waals surface area contributed by atoms with Crippen LogP contribution < -0.4 is 0 Å². The maximum atomic E-state index is 11.4. The summed E-state index contributed by atoms with van der Waals surface area (Å²) in [4.78, 5) is 23.4. The third-order valence-corrected chi connectivity index (χ3v) is 3.97. The van der Waals surface area contributed by atoms with Crippen molar-refractivity contribution in [2.75, 3.05) is 5.75 Å². The minimum Gasteiger partial charge on any atom is -0.477 e. The molecule has 0 atom stereocenters. The average molecular weight is 288 g/mol. The second-order valence-corrected chi connectivity index (χ2v) is 6.80. The Hall–Kier alpha value is -1.01. The summed E-state index contributed by atoms with van der Waals surface area (Å²) in [5.74, 6) is -0.264. The molecule has 1 N–H and O–H groups in total. The van der Waals surface area contributed by atoms with Crippen LogP contribution in [0.25, 0.3) is 0 Å². The molecule has 1 rings (SSSR count). The summed E-state index contributed by atoms with van der Waals surface area (Å²) in [5.41, 5.74) is -0.461. The number of hydrogen-bond acceptors (Lipinski definition) is 5. The Morgan fingerprint density at radius 2 is 2.06 bits per heavy atom. The average Bonchev–Trinajstić information content (AvgIpc) is 2.63. The third-order valence-electron chi connectivity index (χ3n) is 1.76. The summed E-state index contributed by atoms with van der Waals surface area (Å²) in [7, 11) is 0. The highest BCUT2D eigenvalue weighted by atomic mass is 32.2. The Morgan fingerprint density at radius 1 is 1.39 bits per heavy atom. The van der Waals surface area contributed by atoms with Crippen LogP contribution >= 0.6 is 23.1 Å². The van der Waals surface area contributed by atoms with E-state index >= 15 is 0 Å². The van der Waals surface area contributed by atoms with Gasteiger partial charge in [0, 0.05) is 10.6 Å². The second kappa shape index (κ2) is 6.24. The summed E-state index contributed by atoms with van der Waals surface area (Å²) in [6.07, 6.45) is 0. The lowest BCUT2D eigenvalue weighted by atomic mass is 10.2. The number of ether oxygens (including phenoxy) is 1. The monoisotopic (exact) mass is 288 g/mol. The molecule has 0 unspecified atom stereocenters. The summed E-state index contributed by atoms with van der Waals surface area (Å²) in [5, 5.41) is 8.77. The Labute approximate surface area is 114 Å². The second-order valence-electron chi connectivity index (χ2n) is 4.65. The van der Waals surface area contributed by atoms with Gasteiger partial charge in [-0.1, -0.05) is 0 Å². The zero-order valence-corrected chi connectivity index (χ0v) is 12.2. The topological polar surface area (TPSA) is 63.6 Å². The fourth-order valence-electron chi connectivity index (χ4n) is 1.18. The van der Waals surface area contributed by atoms with Gasteiger partial charge in [-0.25, -0.2) is 4.79 Å². The van der Waals surface area contributed by atoms with Crippen molar-refractivity contribution >= 4 is 35.0 Å². The molecule has 0 aliphatic carbocycles. The minimum atomic E-state index is -0.914. The van der Waals surface area contributed by atoms with Gasteiger partial charge in [-0.3, -0.25) is 4.79 Å². The van der Waals surface area contributed by atoms with E-state index in [1.54, 1.807) is 12.1 Å². The van der Waals surface area contributed by atoms with Gasteiger partial charge >= 0.3 is 11.9 Å². The fourth-order valence-corrected chi connectivity index (χ4v) is 2.93. The van der Waals surface area contributed by atoms with E-state index in [2.05, 4.69) is 0 Å². The smallest absolute Gasteiger partial charge is 0.345 e. The number of hydrogen-bond donors (Lipinski definition) is 1. The minimum absolute atomic E-state index is 0.248. The van der Waals surface area contributed by atoms with Crippen LogP contribution in [0.3, 0.4) is 0 Å². The van der Waals surface area contributed by atoms with Gasteiger partial charge in [-0.05, 0) is 32.9 Å². The van der Waals surface area contributed by atoms with Crippen LogP contribution in [0.1, 0.15) is 35.3 Å². The van der Waals surface area contributed by atoms with Crippen LogP contribution in [0.15, 0.2) is 12.1 Å². The predicted molar refractivity (Wildman–Crippen MR) is 73.3 cm³/mol. The number of thioether (sulfide) groups is 1. The predicted octanol–water partition coefficient (Wildman–Crippen LogP) is 3.02. The van der Waals surface area contributed by atoms with Crippen LogP contribution in [0.4, 0.5) is 0 Å². The molecule has 1 aromatic rings. The molecular formula is C12H16O4S2. The quantitative estimate of drug-likeness (QED) is 0.844. The summed E-state index contributed by atoms with van der Waals surface area (Å²) >= 11 is 2.66. The molecule has 0 aromatic carbocycles. The molecule has 0 saturated heterocycles. The highest BCUT2D eigenvalue weighted by molar-refractivity contribution is 7.99. The first-order valence-corrected chi connectivity index (χ1v) is 7.36. The lowest BCUT2D eigenvalue weighted by molar-refractivity contribution is -0.151. The highest BCUT2D eigenvalue weighted by Crippen LogP contribution is 2.22. The summed E-state index contributed by atoms with van der Waals surface area (Å²) < 4.78 is 5.17. The third kappa shape index (κ3) is 5.55. The zero-order valence-electron chi connectivity index (χ0n) is 10.6. The van der Waals surface area contributed by atoms with E-state index in [4.69, 9.17) is 9.84 Å². The van der Waals surface area contributed by atoms with Crippen LogP contribution in [0, 0.1) is 0 Å². The van der Waals surface area contributed by atoms with E-state index in [-0.39, 0.29) is 11.7 Å². The Balaban J connectivity index is 2.33. The van der Waals surface area contributed by atoms with Crippen molar-refractivity contribution in [3.8, 4) is 0 Å². The molecule has 0 fully saturated rings. The van der Waals surface area contributed by atoms with Crippen LogP contribution in [-0.4, -0.2) is 28.4 Å². The molecular weight excluding hydrogens is 272 g/mol. The maximum Gasteiger partial charge on any atom is 0.345 e. The van der Waals surface area contributed by atoms with Gasteiger partial charge in [0.15, 0.2) is 0 Å². The maximum absolute atomic E-state index is 11.4.